The topological polar surface area (TPSA) is 121 Å². The van der Waals surface area contributed by atoms with Crippen LogP contribution in [-0.4, -0.2) is 101 Å². The van der Waals surface area contributed by atoms with Gasteiger partial charge in [0.25, 0.3) is 12.4 Å². The van der Waals surface area contributed by atoms with E-state index in [-0.39, 0.29) is 41.3 Å². The van der Waals surface area contributed by atoms with E-state index in [1.54, 1.807) is 24.4 Å². The highest BCUT2D eigenvalue weighted by Gasteiger charge is 2.53. The van der Waals surface area contributed by atoms with Crippen LogP contribution in [0.2, 0.25) is 0 Å². The molecule has 3 fully saturated rings. The fourth-order valence-corrected chi connectivity index (χ4v) is 10.1. The highest BCUT2D eigenvalue weighted by atomic mass is 16.5. The zero-order valence-corrected chi connectivity index (χ0v) is 38.9. The van der Waals surface area contributed by atoms with Gasteiger partial charge in [0.2, 0.25) is 5.91 Å². The second kappa shape index (κ2) is 19.2. The molecule has 3 atom stereocenters. The van der Waals surface area contributed by atoms with E-state index >= 15 is 0 Å². The Kier molecular flexibility index (Phi) is 13.9. The lowest BCUT2D eigenvalue weighted by molar-refractivity contribution is -0.141. The normalized spacial score (nSPS) is 17.6. The zero-order valence-electron chi connectivity index (χ0n) is 38.9. The summed E-state index contributed by atoms with van der Waals surface area (Å²) in [5.74, 6) is -0.327. The second-order valence-corrected chi connectivity index (χ2v) is 19.2. The van der Waals surface area contributed by atoms with E-state index in [0.29, 0.717) is 32.4 Å². The molecule has 2 aromatic carbocycles. The summed E-state index contributed by atoms with van der Waals surface area (Å²) in [5, 5.41) is 6.04. The van der Waals surface area contributed by atoms with E-state index in [4.69, 9.17) is 14.5 Å². The third-order valence-corrected chi connectivity index (χ3v) is 13.7. The first-order valence-corrected chi connectivity index (χ1v) is 22.7. The highest BCUT2D eigenvalue weighted by molar-refractivity contribution is 5.95. The van der Waals surface area contributed by atoms with Crippen molar-refractivity contribution in [2.24, 2.45) is 23.8 Å². The van der Waals surface area contributed by atoms with Gasteiger partial charge in [0.1, 0.15) is 12.1 Å². The molecule has 64 heavy (non-hydrogen) atoms. The number of aryl methyl sites for hydroxylation is 1. The lowest BCUT2D eigenvalue weighted by Crippen LogP contribution is -2.59. The van der Waals surface area contributed by atoms with Crippen LogP contribution in [0.4, 0.5) is 0 Å². The van der Waals surface area contributed by atoms with Crippen molar-refractivity contribution < 1.29 is 23.9 Å². The summed E-state index contributed by atoms with van der Waals surface area (Å²) < 4.78 is 13.3. The average Bonchev–Trinajstić information content (AvgIpc) is 3.75. The number of likely N-dealkylation sites (tertiary alicyclic amines) is 2. The van der Waals surface area contributed by atoms with Gasteiger partial charge in [-0.15, -0.1) is 0 Å². The first kappa shape index (κ1) is 46.3. The molecule has 3 aliphatic heterocycles. The molecule has 3 saturated heterocycles. The summed E-state index contributed by atoms with van der Waals surface area (Å²) in [7, 11) is 3.77. The summed E-state index contributed by atoms with van der Waals surface area (Å²) in [6.45, 7) is 27.3. The number of pyridine rings is 1. The maximum Gasteiger partial charge on any atom is 0.293 e. The van der Waals surface area contributed by atoms with Crippen LogP contribution in [0.15, 0.2) is 98.0 Å². The Morgan fingerprint density at radius 1 is 1.05 bits per heavy atom. The predicted octanol–water partition coefficient (Wildman–Crippen LogP) is 7.76. The number of nitrogens with zero attached hydrogens (tertiary/aromatic N) is 5. The van der Waals surface area contributed by atoms with Crippen LogP contribution in [0.5, 0.6) is 0 Å². The molecule has 3 aliphatic rings. The number of benzene rings is 2. The maximum atomic E-state index is 14.6. The van der Waals surface area contributed by atoms with E-state index < -0.39 is 12.1 Å². The van der Waals surface area contributed by atoms with E-state index in [1.165, 1.54) is 0 Å². The largest absolute Gasteiger partial charge is 0.467 e. The van der Waals surface area contributed by atoms with Crippen molar-refractivity contribution in [1.82, 2.24) is 35.1 Å². The van der Waals surface area contributed by atoms with Crippen LogP contribution in [0.3, 0.4) is 0 Å². The van der Waals surface area contributed by atoms with Crippen molar-refractivity contribution in [1.29, 1.82) is 0 Å². The molecule has 1 spiro atoms. The van der Waals surface area contributed by atoms with Crippen LogP contribution in [0.1, 0.15) is 76.8 Å². The van der Waals surface area contributed by atoms with E-state index in [0.717, 1.165) is 100 Å². The summed E-state index contributed by atoms with van der Waals surface area (Å²) in [6, 6.07) is 17.6. The first-order chi connectivity index (χ1) is 30.6. The monoisotopic (exact) mass is 870 g/mol. The Bertz CT molecular complexity index is 2410. The summed E-state index contributed by atoms with van der Waals surface area (Å²) >= 11 is 0. The number of aromatic nitrogens is 2. The van der Waals surface area contributed by atoms with Crippen LogP contribution < -0.4 is 10.7 Å². The smallest absolute Gasteiger partial charge is 0.293 e. The average molecular weight is 870 g/mol. The Hall–Kier alpha value is -5.72. The molecule has 0 bridgehead atoms. The molecule has 4 aromatic rings. The number of hydrogen-bond acceptors (Lipinski definition) is 9. The number of methoxy groups -OCH3 is 1. The molecule has 5 heterocycles. The molecule has 0 saturated carbocycles. The number of fused-ring (bicyclic) bond motifs is 1. The van der Waals surface area contributed by atoms with Gasteiger partial charge in [0.15, 0.2) is 0 Å². The van der Waals surface area contributed by atoms with Crippen molar-refractivity contribution in [2.75, 3.05) is 46.4 Å². The number of carbonyl (C=O) groups is 3. The van der Waals surface area contributed by atoms with Crippen molar-refractivity contribution in [3.8, 4) is 22.4 Å². The Labute approximate surface area is 379 Å². The van der Waals surface area contributed by atoms with Gasteiger partial charge < -0.3 is 29.2 Å². The lowest BCUT2D eigenvalue weighted by Gasteiger charge is -2.51. The molecule has 2 N–H and O–H groups in total. The molecular formula is C52H67N7O5. The van der Waals surface area contributed by atoms with Crippen LogP contribution in [-0.2, 0) is 43.7 Å². The fourth-order valence-electron chi connectivity index (χ4n) is 10.1. The van der Waals surface area contributed by atoms with Crippen molar-refractivity contribution in [2.45, 2.75) is 84.9 Å². The standard InChI is InChI=1S/C52H67N7O5/c1-11-35(4)57-30-52(31-57)21-25-58(37(52)6)47(34(2)3)49(61)55-44(50(62)59-24-13-12-23-54-59)27-38-16-14-17-39(26-38)40-19-20-45-42(28-40)43(29-51(7,8)32-64-33-60)48(56(45)9)41-18-15-22-53-46(41)36(5)63-10/h11,14-20,22,26,28,33-34,36,44,47,54H,1,4,6,12-13,21,23-25,27,29-32H2,2-3,5,7-10H3,(H,55,61). The Morgan fingerprint density at radius 2 is 1.81 bits per heavy atom. The van der Waals surface area contributed by atoms with E-state index in [2.05, 4.69) is 116 Å². The van der Waals surface area contributed by atoms with Gasteiger partial charge in [0.05, 0.1) is 24.1 Å². The van der Waals surface area contributed by atoms with Gasteiger partial charge in [-0.25, -0.2) is 5.43 Å². The third kappa shape index (κ3) is 9.26. The summed E-state index contributed by atoms with van der Waals surface area (Å²) in [5.41, 5.74) is 12.7. The number of ether oxygens (including phenoxy) is 2. The minimum atomic E-state index is -0.792. The van der Waals surface area contributed by atoms with Gasteiger partial charge >= 0.3 is 0 Å². The fraction of sp³-hybridized carbons (Fsp3) is 0.462. The molecule has 0 radical (unpaired) electrons. The molecule has 2 aromatic heterocycles. The first-order valence-electron chi connectivity index (χ1n) is 22.7. The van der Waals surface area contributed by atoms with Crippen LogP contribution >= 0.6 is 0 Å². The van der Waals surface area contributed by atoms with Crippen LogP contribution in [0.25, 0.3) is 33.3 Å². The summed E-state index contributed by atoms with van der Waals surface area (Å²) in [6.07, 6.45) is 7.10. The number of hydrogen-bond donors (Lipinski definition) is 2. The molecule has 12 nitrogen and oxygen atoms in total. The number of nitrogens with one attached hydrogen (secondary N) is 2. The molecule has 340 valence electrons. The Balaban J connectivity index is 1.21. The van der Waals surface area contributed by atoms with Gasteiger partial charge in [-0.3, -0.25) is 24.4 Å². The van der Waals surface area contributed by atoms with Crippen molar-refractivity contribution in [3.63, 3.8) is 0 Å². The Morgan fingerprint density at radius 3 is 2.50 bits per heavy atom. The summed E-state index contributed by atoms with van der Waals surface area (Å²) in [4.78, 5) is 49.5. The lowest BCUT2D eigenvalue weighted by atomic mass is 9.76. The van der Waals surface area contributed by atoms with E-state index in [9.17, 15) is 14.4 Å². The predicted molar refractivity (Wildman–Crippen MR) is 254 cm³/mol. The quantitative estimate of drug-likeness (QED) is 0.0764. The number of amides is 2. The zero-order chi connectivity index (χ0) is 45.9. The van der Waals surface area contributed by atoms with Gasteiger partial charge in [-0.1, -0.05) is 77.8 Å². The minimum absolute atomic E-state index is 0.0204. The minimum Gasteiger partial charge on any atom is -0.467 e. The van der Waals surface area contributed by atoms with Gasteiger partial charge in [-0.2, -0.15) is 0 Å². The van der Waals surface area contributed by atoms with Crippen molar-refractivity contribution >= 4 is 29.2 Å². The molecule has 0 aliphatic carbocycles. The number of hydrazine groups is 1. The number of carbonyl (C=O) groups excluding carboxylic acids is 3. The highest BCUT2D eigenvalue weighted by Crippen LogP contribution is 2.49. The second-order valence-electron chi connectivity index (χ2n) is 19.2. The maximum absolute atomic E-state index is 14.6. The van der Waals surface area contributed by atoms with Gasteiger partial charge in [-0.05, 0) is 91.1 Å². The molecule has 2 amide bonds. The molecule has 12 heteroatoms. The SMILES string of the molecule is C=CC(=C)N1CC2(CCN(C(C(=O)NC(Cc3cccc(-c4ccc5c(c4)c(CC(C)(C)COC=O)c(-c4cccnc4C(C)OC)n5C)c3)C(=O)N3CCCCN3)C(C)C)C2=C)C1. The molecule has 7 rings (SSSR count). The number of rotatable bonds is 18. The molecular weight excluding hydrogens is 803 g/mol. The molecule has 3 unspecified atom stereocenters. The van der Waals surface area contributed by atoms with Crippen molar-refractivity contribution in [3.05, 3.63) is 115 Å². The number of allylic oxidation sites excluding steroid dienone is 1. The van der Waals surface area contributed by atoms with Crippen LogP contribution in [0, 0.1) is 16.7 Å². The van der Waals surface area contributed by atoms with Gasteiger partial charge in [0, 0.05) is 98.2 Å². The third-order valence-electron chi connectivity index (χ3n) is 13.7. The van der Waals surface area contributed by atoms with E-state index in [1.807, 2.05) is 25.1 Å².